The highest BCUT2D eigenvalue weighted by atomic mass is 32.2. The number of carbonyl (C=O) groups excluding carboxylic acids is 1. The number of rotatable bonds is 7. The van der Waals surface area contributed by atoms with Gasteiger partial charge in [0.05, 0.1) is 4.90 Å². The first kappa shape index (κ1) is 23.6. The minimum absolute atomic E-state index is 0.120. The molecular weight excluding hydrogens is 462 g/mol. The van der Waals surface area contributed by atoms with Crippen LogP contribution in [0.15, 0.2) is 53.7 Å². The summed E-state index contributed by atoms with van der Waals surface area (Å²) in [5.74, 6) is 1.00. The molecule has 2 fully saturated rings. The van der Waals surface area contributed by atoms with E-state index < -0.39 is 16.1 Å². The highest BCUT2D eigenvalue weighted by molar-refractivity contribution is 7.89. The van der Waals surface area contributed by atoms with E-state index in [0.29, 0.717) is 37.2 Å². The number of hydrogen-bond donors (Lipinski definition) is 2. The molecule has 1 saturated carbocycles. The maximum absolute atomic E-state index is 13.7. The summed E-state index contributed by atoms with van der Waals surface area (Å²) in [6.07, 6.45) is 9.61. The number of likely N-dealkylation sites (tertiary alicyclic amines) is 1. The second kappa shape index (κ2) is 9.88. The molecule has 35 heavy (non-hydrogen) atoms. The molecule has 2 aliphatic rings. The van der Waals surface area contributed by atoms with Crippen molar-refractivity contribution in [3.8, 4) is 6.07 Å². The number of H-pyrrole nitrogens is 1. The Bertz CT molecular complexity index is 1350. The maximum atomic E-state index is 13.7. The number of nitrogens with zero attached hydrogens (tertiary/aromatic N) is 3. The molecule has 1 aliphatic carbocycles. The van der Waals surface area contributed by atoms with Crippen molar-refractivity contribution in [3.63, 3.8) is 0 Å². The van der Waals surface area contributed by atoms with Crippen LogP contribution in [-0.2, 0) is 21.4 Å². The van der Waals surface area contributed by atoms with Crippen molar-refractivity contribution < 1.29 is 13.2 Å². The molecule has 8 nitrogen and oxygen atoms in total. The van der Waals surface area contributed by atoms with Gasteiger partial charge < -0.3 is 14.5 Å². The maximum Gasteiger partial charge on any atom is 0.241 e. The Morgan fingerprint density at radius 2 is 2.00 bits per heavy atom. The molecule has 5 rings (SSSR count). The predicted octanol–water partition coefficient (Wildman–Crippen LogP) is 3.62. The summed E-state index contributed by atoms with van der Waals surface area (Å²) in [6.45, 7) is 1.73. The smallest absolute Gasteiger partial charge is 0.241 e. The second-order valence-electron chi connectivity index (χ2n) is 9.77. The highest BCUT2D eigenvalue weighted by Crippen LogP contribution is 2.36. The van der Waals surface area contributed by atoms with Crippen molar-refractivity contribution in [3.05, 3.63) is 54.5 Å². The monoisotopic (exact) mass is 493 g/mol. The van der Waals surface area contributed by atoms with E-state index in [0.717, 1.165) is 23.7 Å². The number of sulfonamides is 1. The van der Waals surface area contributed by atoms with Gasteiger partial charge in [-0.3, -0.25) is 4.79 Å². The van der Waals surface area contributed by atoms with Gasteiger partial charge in [0, 0.05) is 37.5 Å². The molecule has 0 radical (unpaired) electrons. The van der Waals surface area contributed by atoms with Crippen molar-refractivity contribution in [1.29, 1.82) is 5.26 Å². The van der Waals surface area contributed by atoms with Crippen molar-refractivity contribution in [2.45, 2.75) is 56.0 Å². The van der Waals surface area contributed by atoms with Crippen molar-refractivity contribution >= 4 is 26.8 Å². The van der Waals surface area contributed by atoms with E-state index in [4.69, 9.17) is 0 Å². The van der Waals surface area contributed by atoms with Crippen LogP contribution in [0.5, 0.6) is 0 Å². The molecule has 3 atom stereocenters. The van der Waals surface area contributed by atoms with E-state index in [1.807, 2.05) is 11.0 Å². The summed E-state index contributed by atoms with van der Waals surface area (Å²) in [5.41, 5.74) is 1.21. The summed E-state index contributed by atoms with van der Waals surface area (Å²) in [6, 6.07) is 11.5. The number of amides is 1. The fraction of sp³-hybridized carbons (Fsp3) is 0.462. The molecule has 0 spiro atoms. The van der Waals surface area contributed by atoms with Crippen LogP contribution in [0.1, 0.15) is 44.2 Å². The lowest BCUT2D eigenvalue weighted by Gasteiger charge is -2.42. The van der Waals surface area contributed by atoms with Gasteiger partial charge in [0.1, 0.15) is 17.8 Å². The van der Waals surface area contributed by atoms with Gasteiger partial charge in [-0.05, 0) is 66.8 Å². The molecule has 9 heteroatoms. The van der Waals surface area contributed by atoms with Gasteiger partial charge in [-0.15, -0.1) is 0 Å². The zero-order valence-corrected chi connectivity index (χ0v) is 20.5. The van der Waals surface area contributed by atoms with Crippen molar-refractivity contribution in [2.75, 3.05) is 13.1 Å². The number of aromatic amines is 1. The predicted molar refractivity (Wildman–Crippen MR) is 133 cm³/mol. The third kappa shape index (κ3) is 5.00. The SMILES string of the molecule is N#Cc1cccn1CCC(NS(=O)(=O)c1ccc2cc[nH]c2c1)C(=O)N1CC[C@H]2CCCC[C@H]2C1. The fourth-order valence-electron chi connectivity index (χ4n) is 5.68. The van der Waals surface area contributed by atoms with Crippen molar-refractivity contribution in [1.82, 2.24) is 19.2 Å². The summed E-state index contributed by atoms with van der Waals surface area (Å²) in [4.78, 5) is 18.7. The number of hydrogen-bond acceptors (Lipinski definition) is 4. The zero-order chi connectivity index (χ0) is 24.4. The van der Waals surface area contributed by atoms with Gasteiger partial charge >= 0.3 is 0 Å². The number of piperidine rings is 1. The fourth-order valence-corrected chi connectivity index (χ4v) is 6.93. The first-order valence-electron chi connectivity index (χ1n) is 12.4. The second-order valence-corrected chi connectivity index (χ2v) is 11.5. The van der Waals surface area contributed by atoms with E-state index in [9.17, 15) is 18.5 Å². The first-order valence-corrected chi connectivity index (χ1v) is 13.9. The molecule has 1 saturated heterocycles. The number of fused-ring (bicyclic) bond motifs is 2. The van der Waals surface area contributed by atoms with Gasteiger partial charge in [-0.2, -0.15) is 9.98 Å². The Hall–Kier alpha value is -3.09. The topological polar surface area (TPSA) is 111 Å². The van der Waals surface area contributed by atoms with E-state index in [-0.39, 0.29) is 17.2 Å². The van der Waals surface area contributed by atoms with Gasteiger partial charge in [0.15, 0.2) is 0 Å². The van der Waals surface area contributed by atoms with Crippen molar-refractivity contribution in [2.24, 2.45) is 11.8 Å². The third-order valence-electron chi connectivity index (χ3n) is 7.64. The Morgan fingerprint density at radius 3 is 2.83 bits per heavy atom. The van der Waals surface area contributed by atoms with Crippen LogP contribution in [0.3, 0.4) is 0 Å². The third-order valence-corrected chi connectivity index (χ3v) is 9.11. The Labute approximate surface area is 206 Å². The lowest BCUT2D eigenvalue weighted by molar-refractivity contribution is -0.136. The van der Waals surface area contributed by atoms with Gasteiger partial charge in [-0.25, -0.2) is 8.42 Å². The van der Waals surface area contributed by atoms with Gasteiger partial charge in [0.25, 0.3) is 0 Å². The number of aromatic nitrogens is 2. The van der Waals surface area contributed by atoms with Crippen LogP contribution in [0.2, 0.25) is 0 Å². The lowest BCUT2D eigenvalue weighted by atomic mass is 9.75. The molecule has 3 heterocycles. The lowest BCUT2D eigenvalue weighted by Crippen LogP contribution is -2.53. The molecule has 3 aromatic rings. The number of nitriles is 1. The number of carbonyl (C=O) groups is 1. The highest BCUT2D eigenvalue weighted by Gasteiger charge is 2.36. The summed E-state index contributed by atoms with van der Waals surface area (Å²) < 4.78 is 31.2. The van der Waals surface area contributed by atoms with Crippen LogP contribution in [0.25, 0.3) is 10.9 Å². The minimum Gasteiger partial charge on any atom is -0.361 e. The number of aryl methyl sites for hydroxylation is 1. The van der Waals surface area contributed by atoms with E-state index in [1.54, 1.807) is 47.3 Å². The van der Waals surface area contributed by atoms with E-state index in [1.165, 1.54) is 19.3 Å². The molecule has 1 unspecified atom stereocenters. The molecule has 0 bridgehead atoms. The van der Waals surface area contributed by atoms with Gasteiger partial charge in [0.2, 0.25) is 15.9 Å². The van der Waals surface area contributed by atoms with Crippen LogP contribution in [-0.4, -0.2) is 47.9 Å². The Morgan fingerprint density at radius 1 is 1.17 bits per heavy atom. The number of benzene rings is 1. The minimum atomic E-state index is -3.93. The summed E-state index contributed by atoms with van der Waals surface area (Å²) in [7, 11) is -3.93. The average Bonchev–Trinajstić information content (AvgIpc) is 3.54. The van der Waals surface area contributed by atoms with E-state index in [2.05, 4.69) is 15.8 Å². The molecular formula is C26H31N5O3S. The quantitative estimate of drug-likeness (QED) is 0.524. The Balaban J connectivity index is 1.37. The number of nitrogens with one attached hydrogen (secondary N) is 2. The van der Waals surface area contributed by atoms with Gasteiger partial charge in [-0.1, -0.05) is 25.3 Å². The normalized spacial score (nSPS) is 21.4. The molecule has 1 amide bonds. The van der Waals surface area contributed by atoms with Crippen LogP contribution in [0.4, 0.5) is 0 Å². The largest absolute Gasteiger partial charge is 0.361 e. The van der Waals surface area contributed by atoms with Crippen LogP contribution < -0.4 is 4.72 Å². The zero-order valence-electron chi connectivity index (χ0n) is 19.7. The molecule has 2 N–H and O–H groups in total. The first-order chi connectivity index (χ1) is 16.9. The Kier molecular flexibility index (Phi) is 6.67. The van der Waals surface area contributed by atoms with E-state index >= 15 is 0 Å². The molecule has 1 aromatic carbocycles. The van der Waals surface area contributed by atoms with Crippen LogP contribution >= 0.6 is 0 Å². The molecule has 1 aliphatic heterocycles. The summed E-state index contributed by atoms with van der Waals surface area (Å²) in [5, 5.41) is 10.3. The standard InChI is InChI=1S/C26H31N5O3S/c27-17-22-6-3-13-30(22)15-11-24(26(32)31-14-10-19-4-1-2-5-21(19)18-31)29-35(33,34)23-8-7-20-9-12-28-25(20)16-23/h3,6-9,12-13,16,19,21,24,28-29H,1-2,4-5,10-11,14-15,18H2/t19-,21+,24?/m1/s1. The molecule has 184 valence electrons. The van der Waals surface area contributed by atoms with Crippen LogP contribution in [0, 0.1) is 23.2 Å². The average molecular weight is 494 g/mol. The summed E-state index contributed by atoms with van der Waals surface area (Å²) >= 11 is 0. The molecule has 2 aromatic heterocycles.